The van der Waals surface area contributed by atoms with Crippen molar-refractivity contribution in [3.05, 3.63) is 96.7 Å². The number of nitrogen functional groups attached to an aromatic ring is 1. The van der Waals surface area contributed by atoms with Crippen LogP contribution in [0.25, 0.3) is 0 Å². The fraction of sp³-hybridized carbons (Fsp3) is 0.231. The number of nitro benzene ring substituents is 1. The van der Waals surface area contributed by atoms with E-state index in [2.05, 4.69) is 5.32 Å². The summed E-state index contributed by atoms with van der Waals surface area (Å²) in [5.74, 6) is -1.85. The molecule has 1 aromatic heterocycles. The highest BCUT2D eigenvalue weighted by molar-refractivity contribution is 7.12. The molecule has 0 radical (unpaired) electrons. The molecular weight excluding hydrogens is 510 g/mol. The Morgan fingerprint density at radius 1 is 1.13 bits per heavy atom. The van der Waals surface area contributed by atoms with Gasteiger partial charge in [0.2, 0.25) is 5.91 Å². The molecule has 0 saturated carbocycles. The van der Waals surface area contributed by atoms with E-state index >= 15 is 0 Å². The number of nitrogens with one attached hydrogen (secondary N) is 2. The number of carbonyl (C=O) groups excluding carboxylic acids is 2. The minimum Gasteiger partial charge on any atom is -0.481 e. The van der Waals surface area contributed by atoms with Crippen molar-refractivity contribution in [2.24, 2.45) is 5.73 Å². The van der Waals surface area contributed by atoms with E-state index < -0.39 is 22.8 Å². The van der Waals surface area contributed by atoms with Gasteiger partial charge in [-0.1, -0.05) is 24.3 Å². The second kappa shape index (κ2) is 11.2. The van der Waals surface area contributed by atoms with Gasteiger partial charge in [0.15, 0.2) is 0 Å². The summed E-state index contributed by atoms with van der Waals surface area (Å²) < 4.78 is 0. The number of fused-ring (bicyclic) bond motifs is 1. The molecule has 196 valence electrons. The Morgan fingerprint density at radius 3 is 2.39 bits per heavy atom. The van der Waals surface area contributed by atoms with Crippen LogP contribution in [-0.2, 0) is 35.4 Å². The number of hydrogen-bond acceptors (Lipinski definition) is 7. The van der Waals surface area contributed by atoms with Crippen molar-refractivity contribution in [1.29, 1.82) is 5.41 Å². The van der Waals surface area contributed by atoms with Gasteiger partial charge in [-0.25, -0.2) is 0 Å². The number of nitrogens with zero attached hydrogens (tertiary/aromatic N) is 2. The molecule has 1 atom stereocenters. The molecule has 0 aliphatic carbocycles. The number of aliphatic carboxylic acids is 1. The molecule has 1 aliphatic rings. The molecule has 0 unspecified atom stereocenters. The summed E-state index contributed by atoms with van der Waals surface area (Å²) >= 11 is 1.44. The van der Waals surface area contributed by atoms with Crippen LogP contribution >= 0.6 is 11.3 Å². The number of non-ortho nitro benzene ring substituents is 1. The van der Waals surface area contributed by atoms with Gasteiger partial charge in [0.1, 0.15) is 11.9 Å². The largest absolute Gasteiger partial charge is 0.481 e. The summed E-state index contributed by atoms with van der Waals surface area (Å²) in [5, 5.41) is 30.4. The highest BCUT2D eigenvalue weighted by Gasteiger charge is 2.30. The lowest BCUT2D eigenvalue weighted by atomic mass is 10.0. The molecule has 38 heavy (non-hydrogen) atoms. The molecule has 2 aromatic carbocycles. The number of carboxylic acids is 1. The highest BCUT2D eigenvalue weighted by atomic mass is 32.1. The van der Waals surface area contributed by atoms with Gasteiger partial charge in [-0.05, 0) is 35.7 Å². The number of amides is 2. The van der Waals surface area contributed by atoms with Gasteiger partial charge >= 0.3 is 5.97 Å². The van der Waals surface area contributed by atoms with E-state index in [4.69, 9.17) is 16.2 Å². The summed E-state index contributed by atoms with van der Waals surface area (Å²) in [5.41, 5.74) is 7.68. The number of nitrogens with two attached hydrogens (primary N) is 1. The van der Waals surface area contributed by atoms with Crippen LogP contribution in [0.2, 0.25) is 0 Å². The van der Waals surface area contributed by atoms with Crippen molar-refractivity contribution in [2.45, 2.75) is 31.8 Å². The topological polar surface area (TPSA) is 180 Å². The van der Waals surface area contributed by atoms with Crippen LogP contribution in [0.4, 0.5) is 5.69 Å². The first-order valence-electron chi connectivity index (χ1n) is 11.7. The number of benzene rings is 2. The summed E-state index contributed by atoms with van der Waals surface area (Å²) in [6, 6.07) is 12.8. The van der Waals surface area contributed by atoms with E-state index in [-0.39, 0.29) is 35.8 Å². The lowest BCUT2D eigenvalue weighted by Crippen LogP contribution is -2.50. The first kappa shape index (κ1) is 26.5. The van der Waals surface area contributed by atoms with Crippen molar-refractivity contribution < 1.29 is 24.4 Å². The average Bonchev–Trinajstić information content (AvgIpc) is 3.29. The monoisotopic (exact) mass is 535 g/mol. The third-order valence-electron chi connectivity index (χ3n) is 6.20. The first-order chi connectivity index (χ1) is 18.1. The average molecular weight is 536 g/mol. The van der Waals surface area contributed by atoms with Crippen molar-refractivity contribution >= 4 is 40.6 Å². The summed E-state index contributed by atoms with van der Waals surface area (Å²) in [6.45, 7) is 0.711. The van der Waals surface area contributed by atoms with Crippen LogP contribution < -0.4 is 11.1 Å². The fourth-order valence-electron chi connectivity index (χ4n) is 4.27. The van der Waals surface area contributed by atoms with E-state index in [0.29, 0.717) is 30.6 Å². The van der Waals surface area contributed by atoms with Crippen LogP contribution in [0.5, 0.6) is 0 Å². The van der Waals surface area contributed by atoms with E-state index in [0.717, 1.165) is 15.3 Å². The summed E-state index contributed by atoms with van der Waals surface area (Å²) in [4.78, 5) is 51.7. The number of rotatable bonds is 9. The predicted octanol–water partition coefficient (Wildman–Crippen LogP) is 2.49. The molecule has 12 heteroatoms. The Kier molecular flexibility index (Phi) is 7.82. The molecule has 0 spiro atoms. The van der Waals surface area contributed by atoms with Crippen LogP contribution in [0.1, 0.15) is 36.8 Å². The molecule has 0 bridgehead atoms. The molecule has 1 aliphatic heterocycles. The molecule has 2 amide bonds. The number of carbonyl (C=O) groups is 3. The van der Waals surface area contributed by atoms with Crippen molar-refractivity contribution in [3.63, 3.8) is 0 Å². The van der Waals surface area contributed by atoms with Gasteiger partial charge < -0.3 is 21.1 Å². The van der Waals surface area contributed by atoms with Gasteiger partial charge in [-0.3, -0.25) is 29.9 Å². The molecule has 11 nitrogen and oxygen atoms in total. The number of hydrogen-bond donors (Lipinski definition) is 4. The SMILES string of the molecule is N=C(N)c1ccc(C(=O)N[C@@H](Cc2ccc([N+](=O)[O-])cc2)C(=O)N2CCc3sc(CC(=O)O)cc3C2)cc1. The third-order valence-corrected chi connectivity index (χ3v) is 7.44. The zero-order chi connectivity index (χ0) is 27.4. The van der Waals surface area contributed by atoms with E-state index in [9.17, 15) is 24.5 Å². The van der Waals surface area contributed by atoms with Gasteiger partial charge in [-0.15, -0.1) is 11.3 Å². The third kappa shape index (κ3) is 6.21. The predicted molar refractivity (Wildman–Crippen MR) is 140 cm³/mol. The lowest BCUT2D eigenvalue weighted by molar-refractivity contribution is -0.384. The second-order valence-electron chi connectivity index (χ2n) is 8.89. The number of amidine groups is 1. The minimum absolute atomic E-state index is 0.0765. The Bertz CT molecular complexity index is 1400. The van der Waals surface area contributed by atoms with E-state index in [1.54, 1.807) is 29.2 Å². The first-order valence-corrected chi connectivity index (χ1v) is 12.5. The highest BCUT2D eigenvalue weighted by Crippen LogP contribution is 2.29. The molecule has 5 N–H and O–H groups in total. The molecule has 3 aromatic rings. The molecular formula is C26H25N5O6S. The maximum Gasteiger partial charge on any atom is 0.308 e. The molecule has 0 saturated heterocycles. The zero-order valence-corrected chi connectivity index (χ0v) is 21.0. The van der Waals surface area contributed by atoms with Gasteiger partial charge in [-0.2, -0.15) is 0 Å². The van der Waals surface area contributed by atoms with Crippen LogP contribution in [0.3, 0.4) is 0 Å². The number of thiophene rings is 1. The zero-order valence-electron chi connectivity index (χ0n) is 20.2. The molecule has 0 fully saturated rings. The van der Waals surface area contributed by atoms with E-state index in [1.165, 1.54) is 35.6 Å². The standard InChI is InChI=1S/C26H25N5O6S/c27-24(28)16-3-5-17(6-4-16)25(34)29-21(11-15-1-7-19(8-2-15)31(36)37)26(35)30-10-9-22-18(14-30)12-20(38-22)13-23(32)33/h1-8,12,21H,9-11,13-14H2,(H3,27,28)(H,29,34)(H,32,33)/t21-/m0/s1. The lowest BCUT2D eigenvalue weighted by Gasteiger charge is -2.31. The van der Waals surface area contributed by atoms with Crippen LogP contribution in [-0.4, -0.2) is 51.1 Å². The van der Waals surface area contributed by atoms with Gasteiger partial charge in [0.25, 0.3) is 11.6 Å². The number of carboxylic acid groups (broad SMARTS) is 1. The van der Waals surface area contributed by atoms with Gasteiger partial charge in [0.05, 0.1) is 11.3 Å². The Morgan fingerprint density at radius 2 is 1.79 bits per heavy atom. The summed E-state index contributed by atoms with van der Waals surface area (Å²) in [7, 11) is 0. The maximum atomic E-state index is 13.7. The Hall–Kier alpha value is -4.58. The van der Waals surface area contributed by atoms with E-state index in [1.807, 2.05) is 6.07 Å². The van der Waals surface area contributed by atoms with Crippen molar-refractivity contribution in [1.82, 2.24) is 10.2 Å². The van der Waals surface area contributed by atoms with Crippen molar-refractivity contribution in [2.75, 3.05) is 6.54 Å². The minimum atomic E-state index is -0.949. The Labute approximate surface area is 221 Å². The van der Waals surface area contributed by atoms with Crippen LogP contribution in [0, 0.1) is 15.5 Å². The smallest absolute Gasteiger partial charge is 0.308 e. The number of nitro groups is 1. The van der Waals surface area contributed by atoms with Gasteiger partial charge in [0, 0.05) is 52.5 Å². The normalized spacial score (nSPS) is 13.3. The molecule has 4 rings (SSSR count). The maximum absolute atomic E-state index is 13.7. The fourth-order valence-corrected chi connectivity index (χ4v) is 5.43. The van der Waals surface area contributed by atoms with Crippen molar-refractivity contribution in [3.8, 4) is 0 Å². The summed E-state index contributed by atoms with van der Waals surface area (Å²) in [6.07, 6.45) is 0.619. The van der Waals surface area contributed by atoms with Crippen LogP contribution in [0.15, 0.2) is 54.6 Å². The molecule has 2 heterocycles. The second-order valence-corrected chi connectivity index (χ2v) is 10.1. The Balaban J connectivity index is 1.55. The quantitative estimate of drug-likeness (QED) is 0.141.